The molecular weight excluding hydrogens is 308 g/mol. The molecule has 1 aromatic rings. The zero-order valence-electron chi connectivity index (χ0n) is 12.4. The molecule has 120 valence electrons. The molecule has 2 N–H and O–H groups in total. The van der Waals surface area contributed by atoms with Gasteiger partial charge in [-0.05, 0) is 38.3 Å². The monoisotopic (exact) mass is 332 g/mol. The van der Waals surface area contributed by atoms with E-state index < -0.39 is 10.2 Å². The molecule has 0 radical (unpaired) electrons. The molecule has 21 heavy (non-hydrogen) atoms. The lowest BCUT2D eigenvalue weighted by atomic mass is 9.98. The van der Waals surface area contributed by atoms with E-state index in [2.05, 4.69) is 21.9 Å². The lowest BCUT2D eigenvalue weighted by Gasteiger charge is -2.31. The molecule has 0 amide bonds. The summed E-state index contributed by atoms with van der Waals surface area (Å²) in [6.07, 6.45) is 4.68. The Hall–Kier alpha value is -0.540. The maximum atomic E-state index is 12.2. The normalized spacial score (nSPS) is 18.1. The van der Waals surface area contributed by atoms with E-state index in [1.165, 1.54) is 11.3 Å². The smallest absolute Gasteiger partial charge is 0.279 e. The quantitative estimate of drug-likeness (QED) is 0.701. The largest absolute Gasteiger partial charge is 0.316 e. The number of piperidine rings is 1. The molecule has 1 aromatic heterocycles. The highest BCUT2D eigenvalue weighted by Crippen LogP contribution is 2.18. The SMILES string of the molecule is CCCNCC1CCN(S(=O)(=O)NCc2cncs2)CC1. The van der Waals surface area contributed by atoms with Crippen molar-refractivity contribution < 1.29 is 8.42 Å². The molecule has 2 heterocycles. The van der Waals surface area contributed by atoms with Crippen LogP contribution in [0.2, 0.25) is 0 Å². The predicted octanol–water partition coefficient (Wildman–Crippen LogP) is 1.19. The first-order valence-electron chi connectivity index (χ1n) is 7.44. The van der Waals surface area contributed by atoms with Crippen LogP contribution in [-0.2, 0) is 16.8 Å². The van der Waals surface area contributed by atoms with Crippen LogP contribution in [0.25, 0.3) is 0 Å². The first-order chi connectivity index (χ1) is 10.1. The average Bonchev–Trinajstić information content (AvgIpc) is 3.00. The Labute approximate surface area is 131 Å². The minimum Gasteiger partial charge on any atom is -0.316 e. The second-order valence-electron chi connectivity index (χ2n) is 5.34. The summed E-state index contributed by atoms with van der Waals surface area (Å²) in [5.41, 5.74) is 1.71. The molecule has 8 heteroatoms. The van der Waals surface area contributed by atoms with E-state index in [0.717, 1.165) is 37.2 Å². The summed E-state index contributed by atoms with van der Waals surface area (Å²) in [7, 11) is -3.37. The van der Waals surface area contributed by atoms with Gasteiger partial charge >= 0.3 is 0 Å². The van der Waals surface area contributed by atoms with Crippen LogP contribution in [-0.4, -0.2) is 43.9 Å². The Kier molecular flexibility index (Phi) is 6.56. The van der Waals surface area contributed by atoms with Gasteiger partial charge < -0.3 is 5.32 Å². The predicted molar refractivity (Wildman–Crippen MR) is 85.3 cm³/mol. The number of thiazole rings is 1. The van der Waals surface area contributed by atoms with E-state index in [0.29, 0.717) is 25.6 Å². The van der Waals surface area contributed by atoms with Gasteiger partial charge in [-0.15, -0.1) is 11.3 Å². The van der Waals surface area contributed by atoms with Crippen LogP contribution in [0, 0.1) is 5.92 Å². The third-order valence-electron chi connectivity index (χ3n) is 3.69. The standard InChI is InChI=1S/C13H24N4O2S2/c1-2-5-14-8-12-3-6-17(7-4-12)21(18,19)16-10-13-9-15-11-20-13/h9,11-12,14,16H,2-8,10H2,1H3. The van der Waals surface area contributed by atoms with E-state index in [9.17, 15) is 8.42 Å². The maximum Gasteiger partial charge on any atom is 0.279 e. The van der Waals surface area contributed by atoms with Crippen molar-refractivity contribution >= 4 is 21.5 Å². The summed E-state index contributed by atoms with van der Waals surface area (Å²) < 4.78 is 28.7. The van der Waals surface area contributed by atoms with Gasteiger partial charge in [0.1, 0.15) is 0 Å². The Balaban J connectivity index is 1.75. The van der Waals surface area contributed by atoms with Gasteiger partial charge in [0.05, 0.1) is 5.51 Å². The van der Waals surface area contributed by atoms with Crippen molar-refractivity contribution in [2.75, 3.05) is 26.2 Å². The lowest BCUT2D eigenvalue weighted by molar-refractivity contribution is 0.265. The highest BCUT2D eigenvalue weighted by Gasteiger charge is 2.27. The summed E-state index contributed by atoms with van der Waals surface area (Å²) in [5.74, 6) is 0.587. The Morgan fingerprint density at radius 3 is 2.81 bits per heavy atom. The summed E-state index contributed by atoms with van der Waals surface area (Å²) in [5, 5.41) is 3.41. The molecule has 0 spiro atoms. The molecule has 2 rings (SSSR count). The Bertz CT molecular complexity index is 496. The first-order valence-corrected chi connectivity index (χ1v) is 9.76. The van der Waals surface area contributed by atoms with Crippen molar-refractivity contribution in [3.63, 3.8) is 0 Å². The van der Waals surface area contributed by atoms with Gasteiger partial charge in [0.25, 0.3) is 10.2 Å². The van der Waals surface area contributed by atoms with Crippen LogP contribution in [0.4, 0.5) is 0 Å². The minimum absolute atomic E-state index is 0.324. The third kappa shape index (κ3) is 5.30. The fourth-order valence-corrected chi connectivity index (χ4v) is 4.26. The van der Waals surface area contributed by atoms with Crippen LogP contribution in [0.1, 0.15) is 31.1 Å². The molecule has 1 saturated heterocycles. The van der Waals surface area contributed by atoms with E-state index in [1.54, 1.807) is 16.0 Å². The van der Waals surface area contributed by atoms with Crippen LogP contribution in [0.3, 0.4) is 0 Å². The van der Waals surface area contributed by atoms with Crippen molar-refractivity contribution in [3.05, 3.63) is 16.6 Å². The second-order valence-corrected chi connectivity index (χ2v) is 8.07. The summed E-state index contributed by atoms with van der Waals surface area (Å²) in [6, 6.07) is 0. The summed E-state index contributed by atoms with van der Waals surface area (Å²) in [4.78, 5) is 4.87. The van der Waals surface area contributed by atoms with Crippen molar-refractivity contribution in [1.82, 2.24) is 19.3 Å². The third-order valence-corrected chi connectivity index (χ3v) is 6.02. The molecule has 0 unspecified atom stereocenters. The van der Waals surface area contributed by atoms with Crippen LogP contribution in [0.15, 0.2) is 11.7 Å². The van der Waals surface area contributed by atoms with Gasteiger partial charge in [0.2, 0.25) is 0 Å². The molecule has 0 aliphatic carbocycles. The lowest BCUT2D eigenvalue weighted by Crippen LogP contribution is -2.45. The summed E-state index contributed by atoms with van der Waals surface area (Å²) in [6.45, 7) is 5.72. The van der Waals surface area contributed by atoms with Gasteiger partial charge in [0, 0.05) is 30.7 Å². The zero-order valence-corrected chi connectivity index (χ0v) is 14.0. The fraction of sp³-hybridized carbons (Fsp3) is 0.769. The highest BCUT2D eigenvalue weighted by molar-refractivity contribution is 7.87. The van der Waals surface area contributed by atoms with Gasteiger partial charge in [-0.3, -0.25) is 4.98 Å². The fourth-order valence-electron chi connectivity index (χ4n) is 2.42. The Morgan fingerprint density at radius 1 is 1.43 bits per heavy atom. The van der Waals surface area contributed by atoms with Gasteiger partial charge in [-0.1, -0.05) is 6.92 Å². The number of hydrogen-bond donors (Lipinski definition) is 2. The van der Waals surface area contributed by atoms with Crippen molar-refractivity contribution in [2.24, 2.45) is 5.92 Å². The Morgan fingerprint density at radius 2 is 2.19 bits per heavy atom. The second kappa shape index (κ2) is 8.19. The molecule has 1 aliphatic rings. The number of rotatable bonds is 8. The maximum absolute atomic E-state index is 12.2. The highest BCUT2D eigenvalue weighted by atomic mass is 32.2. The number of aromatic nitrogens is 1. The molecule has 0 aromatic carbocycles. The van der Waals surface area contributed by atoms with Crippen LogP contribution in [0.5, 0.6) is 0 Å². The number of nitrogens with zero attached hydrogens (tertiary/aromatic N) is 2. The number of nitrogens with one attached hydrogen (secondary N) is 2. The van der Waals surface area contributed by atoms with Crippen LogP contribution < -0.4 is 10.0 Å². The topological polar surface area (TPSA) is 74.3 Å². The first kappa shape index (κ1) is 16.8. The van der Waals surface area contributed by atoms with Crippen molar-refractivity contribution in [1.29, 1.82) is 0 Å². The van der Waals surface area contributed by atoms with Crippen molar-refractivity contribution in [2.45, 2.75) is 32.7 Å². The molecule has 0 saturated carbocycles. The average molecular weight is 332 g/mol. The van der Waals surface area contributed by atoms with Gasteiger partial charge in [0.15, 0.2) is 0 Å². The van der Waals surface area contributed by atoms with E-state index >= 15 is 0 Å². The number of hydrogen-bond acceptors (Lipinski definition) is 5. The molecule has 0 atom stereocenters. The molecule has 0 bridgehead atoms. The van der Waals surface area contributed by atoms with Gasteiger partial charge in [-0.25, -0.2) is 0 Å². The molecule has 1 aliphatic heterocycles. The van der Waals surface area contributed by atoms with Gasteiger partial charge in [-0.2, -0.15) is 17.4 Å². The summed E-state index contributed by atoms with van der Waals surface area (Å²) >= 11 is 1.46. The molecular formula is C13H24N4O2S2. The van der Waals surface area contributed by atoms with E-state index in [4.69, 9.17) is 0 Å². The van der Waals surface area contributed by atoms with E-state index in [1.807, 2.05) is 0 Å². The zero-order chi connectivity index (χ0) is 15.1. The van der Waals surface area contributed by atoms with Crippen molar-refractivity contribution in [3.8, 4) is 0 Å². The minimum atomic E-state index is -3.37. The molecule has 1 fully saturated rings. The van der Waals surface area contributed by atoms with Crippen LogP contribution >= 0.6 is 11.3 Å². The molecule has 6 nitrogen and oxygen atoms in total. The van der Waals surface area contributed by atoms with E-state index in [-0.39, 0.29) is 0 Å².